The van der Waals surface area contributed by atoms with Crippen molar-refractivity contribution >= 4 is 0 Å². The van der Waals surface area contributed by atoms with Crippen molar-refractivity contribution in [2.24, 2.45) is 35.0 Å². The first-order chi connectivity index (χ1) is 10.9. The lowest BCUT2D eigenvalue weighted by atomic mass is 9.81. The van der Waals surface area contributed by atoms with Gasteiger partial charge in [-0.3, -0.25) is 0 Å². The smallest absolute Gasteiger partial charge is 0.0200 e. The molecule has 1 aromatic carbocycles. The van der Waals surface area contributed by atoms with Gasteiger partial charge >= 0.3 is 0 Å². The molecule has 0 radical (unpaired) electrons. The molecule has 126 valence electrons. The van der Waals surface area contributed by atoms with E-state index in [1.165, 1.54) is 31.3 Å². The van der Waals surface area contributed by atoms with Crippen LogP contribution in [-0.4, -0.2) is 0 Å². The average Bonchev–Trinajstić information content (AvgIpc) is 2.88. The van der Waals surface area contributed by atoms with Crippen LogP contribution in [0.4, 0.5) is 0 Å². The van der Waals surface area contributed by atoms with Crippen LogP contribution in [-0.2, 0) is 12.8 Å². The normalized spacial score (nSPS) is 28.2. The molecule has 1 aromatic rings. The third-order valence-corrected chi connectivity index (χ3v) is 7.21. The van der Waals surface area contributed by atoms with Crippen LogP contribution in [0.3, 0.4) is 0 Å². The predicted molar refractivity (Wildman–Crippen MR) is 100 cm³/mol. The maximum atomic E-state index is 4.51. The summed E-state index contributed by atoms with van der Waals surface area (Å²) in [7, 11) is 0. The quantitative estimate of drug-likeness (QED) is 0.541. The van der Waals surface area contributed by atoms with Gasteiger partial charge in [0.25, 0.3) is 0 Å². The van der Waals surface area contributed by atoms with Crippen LogP contribution >= 0.6 is 0 Å². The molecule has 2 aliphatic carbocycles. The van der Waals surface area contributed by atoms with Crippen LogP contribution in [0, 0.1) is 35.0 Å². The minimum Gasteiger partial charge on any atom is -0.0996 e. The summed E-state index contributed by atoms with van der Waals surface area (Å²) >= 11 is 0. The second-order valence-corrected chi connectivity index (χ2v) is 8.93. The molecule has 0 bridgehead atoms. The van der Waals surface area contributed by atoms with Gasteiger partial charge in [-0.1, -0.05) is 77.5 Å². The summed E-state index contributed by atoms with van der Waals surface area (Å²) in [6.07, 6.45) is 5.05. The highest BCUT2D eigenvalue weighted by molar-refractivity contribution is 5.33. The summed E-state index contributed by atoms with van der Waals surface area (Å²) in [5, 5.41) is 0. The van der Waals surface area contributed by atoms with Crippen molar-refractivity contribution in [2.45, 2.75) is 60.3 Å². The molecule has 0 saturated heterocycles. The highest BCUT2D eigenvalue weighted by Gasteiger charge is 2.57. The van der Waals surface area contributed by atoms with Crippen molar-refractivity contribution in [2.75, 3.05) is 0 Å². The minimum absolute atomic E-state index is 0.557. The van der Waals surface area contributed by atoms with Crippen molar-refractivity contribution in [1.82, 2.24) is 0 Å². The fourth-order valence-corrected chi connectivity index (χ4v) is 5.70. The number of hydrogen-bond donors (Lipinski definition) is 0. The molecule has 0 nitrogen and oxygen atoms in total. The molecule has 3 rings (SSSR count). The molecule has 0 spiro atoms. The Morgan fingerprint density at radius 1 is 1.17 bits per heavy atom. The first-order valence-corrected chi connectivity index (χ1v) is 9.60. The van der Waals surface area contributed by atoms with E-state index in [-0.39, 0.29) is 0 Å². The summed E-state index contributed by atoms with van der Waals surface area (Å²) in [5.41, 5.74) is 5.19. The Kier molecular flexibility index (Phi) is 4.47. The Labute approximate surface area is 143 Å². The Morgan fingerprint density at radius 3 is 2.22 bits per heavy atom. The van der Waals surface area contributed by atoms with Gasteiger partial charge in [0.2, 0.25) is 0 Å². The van der Waals surface area contributed by atoms with Crippen LogP contribution in [0.15, 0.2) is 36.4 Å². The van der Waals surface area contributed by atoms with Gasteiger partial charge in [-0.15, -0.1) is 0 Å². The molecule has 0 heteroatoms. The Morgan fingerprint density at radius 2 is 1.74 bits per heavy atom. The van der Waals surface area contributed by atoms with Crippen molar-refractivity contribution in [3.05, 3.63) is 47.5 Å². The van der Waals surface area contributed by atoms with E-state index in [2.05, 4.69) is 65.5 Å². The van der Waals surface area contributed by atoms with Gasteiger partial charge in [0.1, 0.15) is 0 Å². The monoisotopic (exact) mass is 310 g/mol. The lowest BCUT2D eigenvalue weighted by molar-refractivity contribution is 0.367. The molecule has 0 heterocycles. The van der Waals surface area contributed by atoms with E-state index in [9.17, 15) is 0 Å². The summed E-state index contributed by atoms with van der Waals surface area (Å²) in [6.45, 7) is 16.7. The van der Waals surface area contributed by atoms with Crippen LogP contribution in [0.25, 0.3) is 0 Å². The largest absolute Gasteiger partial charge is 0.0996 e. The highest BCUT2D eigenvalue weighted by Crippen LogP contribution is 2.64. The molecular formula is C23H34. The van der Waals surface area contributed by atoms with Gasteiger partial charge in [0.15, 0.2) is 0 Å². The minimum atomic E-state index is 0.557. The maximum absolute atomic E-state index is 4.51. The van der Waals surface area contributed by atoms with Crippen molar-refractivity contribution in [3.8, 4) is 0 Å². The van der Waals surface area contributed by atoms with E-state index in [0.29, 0.717) is 11.3 Å². The third-order valence-electron chi connectivity index (χ3n) is 7.21. The third kappa shape index (κ3) is 3.02. The number of allylic oxidation sites excluding steroid dienone is 1. The molecule has 0 amide bonds. The fraction of sp³-hybridized carbons (Fsp3) is 0.652. The molecule has 4 unspecified atom stereocenters. The van der Waals surface area contributed by atoms with Crippen molar-refractivity contribution in [3.63, 3.8) is 0 Å². The average molecular weight is 311 g/mol. The van der Waals surface area contributed by atoms with Crippen LogP contribution in [0.2, 0.25) is 0 Å². The van der Waals surface area contributed by atoms with E-state index in [4.69, 9.17) is 0 Å². The molecular weight excluding hydrogens is 276 g/mol. The van der Waals surface area contributed by atoms with Crippen LogP contribution in [0.5, 0.6) is 0 Å². The summed E-state index contributed by atoms with van der Waals surface area (Å²) in [5.74, 6) is 4.02. The zero-order valence-corrected chi connectivity index (χ0v) is 15.7. The summed E-state index contributed by atoms with van der Waals surface area (Å²) < 4.78 is 0. The Bertz CT molecular complexity index is 554. The predicted octanol–water partition coefficient (Wildman–Crippen LogP) is 6.30. The zero-order chi connectivity index (χ0) is 16.8. The number of benzene rings is 1. The first kappa shape index (κ1) is 16.8. The Hall–Kier alpha value is -1.04. The molecule has 1 saturated carbocycles. The lowest BCUT2D eigenvalue weighted by Gasteiger charge is -2.24. The summed E-state index contributed by atoms with van der Waals surface area (Å²) in [4.78, 5) is 0. The molecule has 1 fully saturated rings. The second kappa shape index (κ2) is 6.11. The second-order valence-electron chi connectivity index (χ2n) is 8.93. The van der Waals surface area contributed by atoms with E-state index in [1.54, 1.807) is 11.1 Å². The maximum Gasteiger partial charge on any atom is -0.0200 e. The topological polar surface area (TPSA) is 0 Å². The van der Waals surface area contributed by atoms with Gasteiger partial charge in [-0.2, -0.15) is 0 Å². The molecule has 0 aromatic heterocycles. The number of hydrogen-bond acceptors (Lipinski definition) is 0. The van der Waals surface area contributed by atoms with Crippen LogP contribution in [0.1, 0.15) is 58.6 Å². The van der Waals surface area contributed by atoms with E-state index >= 15 is 0 Å². The van der Waals surface area contributed by atoms with Gasteiger partial charge in [0, 0.05) is 0 Å². The SMILES string of the molecule is C=C(CC(C)C1C(CC)C1(C)C)C(C)C1Cc2ccccc2C1. The molecule has 2 aliphatic rings. The number of rotatable bonds is 6. The molecule has 0 aliphatic heterocycles. The van der Waals surface area contributed by atoms with Gasteiger partial charge in [0.05, 0.1) is 0 Å². The van der Waals surface area contributed by atoms with E-state index < -0.39 is 0 Å². The fourth-order valence-electron chi connectivity index (χ4n) is 5.70. The molecule has 23 heavy (non-hydrogen) atoms. The highest BCUT2D eigenvalue weighted by atomic mass is 14.6. The standard InChI is InChI=1S/C23H34/c1-7-21-22(23(21,5)6)16(3)12-15(2)17(4)20-13-18-10-8-9-11-19(18)14-20/h8-11,16-17,20-22H,2,7,12-14H2,1,3-6H3. The molecule has 0 N–H and O–H groups in total. The van der Waals surface area contributed by atoms with E-state index in [1.807, 2.05) is 0 Å². The first-order valence-electron chi connectivity index (χ1n) is 9.60. The van der Waals surface area contributed by atoms with Gasteiger partial charge in [-0.05, 0) is 65.4 Å². The van der Waals surface area contributed by atoms with Gasteiger partial charge < -0.3 is 0 Å². The van der Waals surface area contributed by atoms with Crippen molar-refractivity contribution < 1.29 is 0 Å². The lowest BCUT2D eigenvalue weighted by Crippen LogP contribution is -2.16. The summed E-state index contributed by atoms with van der Waals surface area (Å²) in [6, 6.07) is 8.99. The van der Waals surface area contributed by atoms with Crippen molar-refractivity contribution in [1.29, 1.82) is 0 Å². The zero-order valence-electron chi connectivity index (χ0n) is 15.7. The number of fused-ring (bicyclic) bond motifs is 1. The van der Waals surface area contributed by atoms with Crippen LogP contribution < -0.4 is 0 Å². The van der Waals surface area contributed by atoms with E-state index in [0.717, 1.165) is 23.7 Å². The Balaban J connectivity index is 1.57. The van der Waals surface area contributed by atoms with Gasteiger partial charge in [-0.25, -0.2) is 0 Å². The molecule has 4 atom stereocenters.